The number of methoxy groups -OCH3 is 1. The number of hydrogen-bond acceptors (Lipinski definition) is 3. The van der Waals surface area contributed by atoms with E-state index in [0.717, 1.165) is 38.3 Å². The van der Waals surface area contributed by atoms with E-state index in [2.05, 4.69) is 112 Å². The normalized spacial score (nSPS) is 11.6. The molecule has 0 aliphatic rings. The molecule has 0 N–H and O–H groups in total. The Morgan fingerprint density at radius 2 is 1.37 bits per heavy atom. The Morgan fingerprint density at radius 3 is 2.00 bits per heavy atom. The number of allylic oxidation sites excluding steroid dienone is 3. The van der Waals surface area contributed by atoms with Gasteiger partial charge in [-0.15, -0.1) is 6.58 Å². The van der Waals surface area contributed by atoms with Gasteiger partial charge in [-0.1, -0.05) is 125 Å². The second-order valence-electron chi connectivity index (χ2n) is 14.6. The average Bonchev–Trinajstić information content (AvgIpc) is 3.09. The molecule has 274 valence electrons. The van der Waals surface area contributed by atoms with E-state index < -0.39 is 0 Å². The number of benzene rings is 2. The van der Waals surface area contributed by atoms with E-state index in [4.69, 9.17) is 4.74 Å². The maximum atomic E-state index is 5.41. The molecule has 0 saturated carbocycles. The largest absolute Gasteiger partial charge is 0.497 e. The van der Waals surface area contributed by atoms with Gasteiger partial charge in [0.2, 0.25) is 0 Å². The van der Waals surface area contributed by atoms with E-state index in [9.17, 15) is 0 Å². The van der Waals surface area contributed by atoms with Crippen LogP contribution in [0.4, 0.5) is 5.69 Å². The fraction of sp³-hybridized carbons (Fsp3) is 0.609. The lowest BCUT2D eigenvalue weighted by Crippen LogP contribution is -2.25. The minimum atomic E-state index is 0.926. The van der Waals surface area contributed by atoms with Crippen LogP contribution >= 0.6 is 0 Å². The quantitative estimate of drug-likeness (QED) is 0.0633. The van der Waals surface area contributed by atoms with Crippen molar-refractivity contribution in [2.75, 3.05) is 38.2 Å². The first kappa shape index (κ1) is 42.4. The van der Waals surface area contributed by atoms with Crippen molar-refractivity contribution in [1.29, 1.82) is 0 Å². The smallest absolute Gasteiger partial charge is 0.118 e. The monoisotopic (exact) mass is 671 g/mol. The highest BCUT2D eigenvalue weighted by Crippen LogP contribution is 2.25. The molecule has 2 aromatic rings. The zero-order valence-electron chi connectivity index (χ0n) is 32.8. The molecule has 3 nitrogen and oxygen atoms in total. The number of nitrogens with zero attached hydrogens (tertiary/aromatic N) is 2. The predicted molar refractivity (Wildman–Crippen MR) is 218 cm³/mol. The van der Waals surface area contributed by atoms with E-state index in [1.165, 1.54) is 143 Å². The lowest BCUT2D eigenvalue weighted by molar-refractivity contribution is 0.323. The van der Waals surface area contributed by atoms with E-state index in [-0.39, 0.29) is 0 Å². The molecule has 0 unspecified atom stereocenters. The Labute approximate surface area is 303 Å². The minimum Gasteiger partial charge on any atom is -0.497 e. The van der Waals surface area contributed by atoms with Gasteiger partial charge in [-0.05, 0) is 114 Å². The first-order chi connectivity index (χ1) is 23.9. The van der Waals surface area contributed by atoms with Crippen LogP contribution in [0.5, 0.6) is 5.75 Å². The van der Waals surface area contributed by atoms with E-state index in [0.29, 0.717) is 0 Å². The summed E-state index contributed by atoms with van der Waals surface area (Å²) < 4.78 is 5.41. The molecule has 2 aromatic carbocycles. The average molecular weight is 671 g/mol. The fourth-order valence-corrected chi connectivity index (χ4v) is 6.58. The van der Waals surface area contributed by atoms with Gasteiger partial charge in [-0.25, -0.2) is 0 Å². The summed E-state index contributed by atoms with van der Waals surface area (Å²) in [7, 11) is 1.74. The molecule has 0 spiro atoms. The molecule has 0 aliphatic heterocycles. The summed E-state index contributed by atoms with van der Waals surface area (Å²) in [6.07, 6.45) is 29.0. The third-order valence-electron chi connectivity index (χ3n) is 9.86. The zero-order valence-corrected chi connectivity index (χ0v) is 32.8. The molecule has 0 radical (unpaired) electrons. The molecule has 0 atom stereocenters. The van der Waals surface area contributed by atoms with E-state index in [1.54, 1.807) is 7.11 Å². The highest BCUT2D eigenvalue weighted by atomic mass is 16.5. The van der Waals surface area contributed by atoms with Gasteiger partial charge in [0.25, 0.3) is 0 Å². The van der Waals surface area contributed by atoms with Crippen molar-refractivity contribution in [3.8, 4) is 5.75 Å². The standard InChI is InChI=1S/C46H74N2O/c1-8-10-11-12-15-19-22-36-48(39-43-28-31-46(49-7)32-29-43)45-30-27-42(6)44(38-45)26-20-17-14-13-16-18-21-35-47(34-9-2)37-33-41(5)25-23-24-40(3)4/h9,24,27-33,38H,2,8,10-23,25-26,34-37,39H2,1,3-7H3/b41-33+. The summed E-state index contributed by atoms with van der Waals surface area (Å²) in [4.78, 5) is 5.15. The van der Waals surface area contributed by atoms with Gasteiger partial charge in [0.15, 0.2) is 0 Å². The van der Waals surface area contributed by atoms with Crippen molar-refractivity contribution in [3.05, 3.63) is 95.1 Å². The van der Waals surface area contributed by atoms with Gasteiger partial charge >= 0.3 is 0 Å². The second kappa shape index (κ2) is 27.0. The second-order valence-corrected chi connectivity index (χ2v) is 14.6. The Hall–Kier alpha value is -2.78. The maximum absolute atomic E-state index is 5.41. The molecule has 0 aromatic heterocycles. The summed E-state index contributed by atoms with van der Waals surface area (Å²) in [5.74, 6) is 0.926. The molecule has 0 fully saturated rings. The SMILES string of the molecule is C=CCN(C/C=C(\C)CCC=C(C)C)CCCCCCCCCc1cc(N(CCCCCCCCC)Cc2ccc(OC)cc2)ccc1C. The first-order valence-electron chi connectivity index (χ1n) is 20.0. The van der Waals surface area contributed by atoms with Crippen LogP contribution in [0.3, 0.4) is 0 Å². The van der Waals surface area contributed by atoms with Gasteiger partial charge in [-0.2, -0.15) is 0 Å². The van der Waals surface area contributed by atoms with Crippen LogP contribution in [-0.2, 0) is 13.0 Å². The topological polar surface area (TPSA) is 15.7 Å². The molecule has 0 amide bonds. The number of rotatable bonds is 29. The fourth-order valence-electron chi connectivity index (χ4n) is 6.58. The molecular weight excluding hydrogens is 597 g/mol. The Bertz CT molecular complexity index is 1190. The number of ether oxygens (including phenoxy) is 1. The third kappa shape index (κ3) is 19.9. The van der Waals surface area contributed by atoms with Gasteiger partial charge in [0.05, 0.1) is 7.11 Å². The van der Waals surface area contributed by atoms with Crippen LogP contribution in [0.2, 0.25) is 0 Å². The van der Waals surface area contributed by atoms with Crippen molar-refractivity contribution in [2.24, 2.45) is 0 Å². The van der Waals surface area contributed by atoms with Crippen molar-refractivity contribution >= 4 is 5.69 Å². The van der Waals surface area contributed by atoms with Crippen molar-refractivity contribution in [1.82, 2.24) is 4.90 Å². The van der Waals surface area contributed by atoms with Crippen molar-refractivity contribution < 1.29 is 4.74 Å². The highest BCUT2D eigenvalue weighted by molar-refractivity contribution is 5.51. The molecule has 0 aliphatic carbocycles. The van der Waals surface area contributed by atoms with Gasteiger partial charge in [0.1, 0.15) is 5.75 Å². The van der Waals surface area contributed by atoms with E-state index in [1.807, 2.05) is 0 Å². The number of hydrogen-bond donors (Lipinski definition) is 0. The lowest BCUT2D eigenvalue weighted by Gasteiger charge is -2.26. The van der Waals surface area contributed by atoms with Crippen LogP contribution in [0, 0.1) is 6.92 Å². The number of aryl methyl sites for hydroxylation is 2. The summed E-state index contributed by atoms with van der Waals surface area (Å²) >= 11 is 0. The van der Waals surface area contributed by atoms with Gasteiger partial charge in [-0.3, -0.25) is 4.90 Å². The van der Waals surface area contributed by atoms with Crippen LogP contribution < -0.4 is 9.64 Å². The highest BCUT2D eigenvalue weighted by Gasteiger charge is 2.11. The molecule has 0 saturated heterocycles. The Morgan fingerprint density at radius 1 is 0.735 bits per heavy atom. The molecule has 0 heterocycles. The number of unbranched alkanes of at least 4 members (excludes halogenated alkanes) is 12. The third-order valence-corrected chi connectivity index (χ3v) is 9.86. The van der Waals surface area contributed by atoms with E-state index >= 15 is 0 Å². The van der Waals surface area contributed by atoms with Gasteiger partial charge in [0, 0.05) is 31.9 Å². The minimum absolute atomic E-state index is 0.926. The van der Waals surface area contributed by atoms with Crippen LogP contribution in [0.1, 0.15) is 147 Å². The molecule has 0 bridgehead atoms. The lowest BCUT2D eigenvalue weighted by atomic mass is 9.99. The Balaban J connectivity index is 1.77. The van der Waals surface area contributed by atoms with Crippen LogP contribution in [0.15, 0.2) is 78.4 Å². The summed E-state index contributed by atoms with van der Waals surface area (Å²) in [5, 5.41) is 0. The van der Waals surface area contributed by atoms with Crippen LogP contribution in [0.25, 0.3) is 0 Å². The maximum Gasteiger partial charge on any atom is 0.118 e. The van der Waals surface area contributed by atoms with Crippen molar-refractivity contribution in [3.63, 3.8) is 0 Å². The summed E-state index contributed by atoms with van der Waals surface area (Å²) in [6.45, 7) is 20.5. The molecule has 2 rings (SSSR count). The first-order valence-corrected chi connectivity index (χ1v) is 20.0. The zero-order chi connectivity index (χ0) is 35.5. The van der Waals surface area contributed by atoms with Gasteiger partial charge < -0.3 is 9.64 Å². The van der Waals surface area contributed by atoms with Crippen molar-refractivity contribution in [2.45, 2.75) is 150 Å². The van der Waals surface area contributed by atoms with Crippen LogP contribution in [-0.4, -0.2) is 38.2 Å². The summed E-state index contributed by atoms with van der Waals surface area (Å²) in [5.41, 5.74) is 8.60. The Kier molecular flexibility index (Phi) is 23.4. The summed E-state index contributed by atoms with van der Waals surface area (Å²) in [6, 6.07) is 15.8. The molecule has 49 heavy (non-hydrogen) atoms. The molecular formula is C46H74N2O. The number of anilines is 1. The molecule has 3 heteroatoms. The predicted octanol–water partition coefficient (Wildman–Crippen LogP) is 13.2.